The fraction of sp³-hybridized carbons (Fsp3) is 0.357. The minimum atomic E-state index is -1.04. The first-order valence-electron chi connectivity index (χ1n) is 5.99. The fourth-order valence-corrected chi connectivity index (χ4v) is 2.79. The van der Waals surface area contributed by atoms with Crippen LogP contribution in [0.3, 0.4) is 0 Å². The van der Waals surface area contributed by atoms with E-state index in [0.717, 1.165) is 22.8 Å². The molecule has 0 saturated heterocycles. The molecule has 1 heterocycles. The minimum absolute atomic E-state index is 0.339. The Hall–Kier alpha value is -1.62. The Kier molecular flexibility index (Phi) is 4.37. The first kappa shape index (κ1) is 13.8. The van der Waals surface area contributed by atoms with E-state index < -0.39 is 10.8 Å². The summed E-state index contributed by atoms with van der Waals surface area (Å²) < 4.78 is 22.7. The molecule has 19 heavy (non-hydrogen) atoms. The van der Waals surface area contributed by atoms with E-state index in [1.807, 2.05) is 38.1 Å². The van der Waals surface area contributed by atoms with Crippen molar-refractivity contribution in [3.05, 3.63) is 47.2 Å². The van der Waals surface area contributed by atoms with Crippen LogP contribution in [0.1, 0.15) is 22.9 Å². The van der Waals surface area contributed by atoms with Gasteiger partial charge in [0.1, 0.15) is 17.3 Å². The number of benzene rings is 1. The molecule has 0 unspecified atom stereocenters. The molecule has 5 heteroatoms. The smallest absolute Gasteiger partial charge is 0.207 e. The highest BCUT2D eigenvalue weighted by Gasteiger charge is 2.10. The minimum Gasteiger partial charge on any atom is -0.497 e. The number of methoxy groups -OCH3 is 1. The largest absolute Gasteiger partial charge is 0.497 e. The van der Waals surface area contributed by atoms with Gasteiger partial charge in [-0.1, -0.05) is 12.1 Å². The summed E-state index contributed by atoms with van der Waals surface area (Å²) in [5, 5.41) is 0. The van der Waals surface area contributed by atoms with Crippen LogP contribution in [-0.2, 0) is 22.3 Å². The quantitative estimate of drug-likeness (QED) is 0.844. The van der Waals surface area contributed by atoms with Gasteiger partial charge < -0.3 is 9.15 Å². The lowest BCUT2D eigenvalue weighted by Crippen LogP contribution is -2.00. The molecule has 0 aliphatic carbocycles. The average Bonchev–Trinajstić information content (AvgIpc) is 2.68. The van der Waals surface area contributed by atoms with E-state index in [0.29, 0.717) is 17.4 Å². The number of nitrogens with zero attached hydrogens (tertiary/aromatic N) is 1. The third-order valence-electron chi connectivity index (χ3n) is 2.82. The van der Waals surface area contributed by atoms with Gasteiger partial charge in [-0.15, -0.1) is 0 Å². The van der Waals surface area contributed by atoms with Crippen molar-refractivity contribution in [2.24, 2.45) is 0 Å². The molecule has 0 bridgehead atoms. The van der Waals surface area contributed by atoms with Crippen molar-refractivity contribution in [3.63, 3.8) is 0 Å². The average molecular weight is 279 g/mol. The summed E-state index contributed by atoms with van der Waals surface area (Å²) in [6, 6.07) is 7.59. The zero-order valence-electron chi connectivity index (χ0n) is 11.3. The molecule has 1 aromatic heterocycles. The predicted octanol–water partition coefficient (Wildman–Crippen LogP) is 2.75. The predicted molar refractivity (Wildman–Crippen MR) is 74.5 cm³/mol. The number of rotatable bonds is 5. The molecular formula is C14H17NO3S. The number of ether oxygens (including phenoxy) is 1. The van der Waals surface area contributed by atoms with E-state index in [9.17, 15) is 4.21 Å². The van der Waals surface area contributed by atoms with Crippen LogP contribution in [-0.4, -0.2) is 16.3 Å². The van der Waals surface area contributed by atoms with Gasteiger partial charge in [0.05, 0.1) is 12.8 Å². The summed E-state index contributed by atoms with van der Waals surface area (Å²) >= 11 is 0. The Morgan fingerprint density at radius 2 is 2.11 bits per heavy atom. The molecular weight excluding hydrogens is 262 g/mol. The van der Waals surface area contributed by atoms with Crippen LogP contribution in [0.2, 0.25) is 0 Å². The molecule has 4 nitrogen and oxygen atoms in total. The molecule has 2 aromatic rings. The van der Waals surface area contributed by atoms with E-state index in [4.69, 9.17) is 9.15 Å². The normalized spacial score (nSPS) is 12.4. The second-order valence-corrected chi connectivity index (χ2v) is 5.79. The van der Waals surface area contributed by atoms with Gasteiger partial charge in [0.15, 0.2) is 0 Å². The molecule has 0 amide bonds. The Labute approximate surface area is 115 Å². The van der Waals surface area contributed by atoms with Crippen molar-refractivity contribution in [1.29, 1.82) is 0 Å². The van der Waals surface area contributed by atoms with E-state index >= 15 is 0 Å². The van der Waals surface area contributed by atoms with Crippen LogP contribution in [0.4, 0.5) is 0 Å². The van der Waals surface area contributed by atoms with Crippen LogP contribution in [0.25, 0.3) is 0 Å². The number of oxazole rings is 1. The van der Waals surface area contributed by atoms with E-state index in [-0.39, 0.29) is 0 Å². The van der Waals surface area contributed by atoms with Crippen LogP contribution >= 0.6 is 0 Å². The first-order valence-corrected chi connectivity index (χ1v) is 7.48. The highest BCUT2D eigenvalue weighted by molar-refractivity contribution is 7.83. The Morgan fingerprint density at radius 3 is 2.74 bits per heavy atom. The number of hydrogen-bond donors (Lipinski definition) is 0. The third-order valence-corrected chi connectivity index (χ3v) is 4.04. The molecule has 0 radical (unpaired) electrons. The van der Waals surface area contributed by atoms with E-state index in [1.54, 1.807) is 7.11 Å². The Morgan fingerprint density at radius 1 is 1.32 bits per heavy atom. The van der Waals surface area contributed by atoms with Crippen LogP contribution < -0.4 is 4.74 Å². The van der Waals surface area contributed by atoms with Crippen LogP contribution in [0.15, 0.2) is 28.7 Å². The molecule has 0 saturated carbocycles. The van der Waals surface area contributed by atoms with Crippen LogP contribution in [0.5, 0.6) is 5.75 Å². The molecule has 0 fully saturated rings. The molecule has 0 spiro atoms. The summed E-state index contributed by atoms with van der Waals surface area (Å²) in [6.45, 7) is 3.74. The maximum atomic E-state index is 12.1. The van der Waals surface area contributed by atoms with Crippen molar-refractivity contribution >= 4 is 10.8 Å². The summed E-state index contributed by atoms with van der Waals surface area (Å²) in [7, 11) is 0.580. The lowest BCUT2D eigenvalue weighted by Gasteiger charge is -2.03. The lowest BCUT2D eigenvalue weighted by atomic mass is 10.2. The summed E-state index contributed by atoms with van der Waals surface area (Å²) in [6.07, 6.45) is 0. The van der Waals surface area contributed by atoms with Crippen molar-refractivity contribution in [2.75, 3.05) is 7.11 Å². The first-order chi connectivity index (χ1) is 9.08. The second-order valence-electron chi connectivity index (χ2n) is 4.33. The van der Waals surface area contributed by atoms with Gasteiger partial charge in [0, 0.05) is 16.6 Å². The van der Waals surface area contributed by atoms with E-state index in [2.05, 4.69) is 4.98 Å². The van der Waals surface area contributed by atoms with Gasteiger partial charge in [-0.05, 0) is 31.5 Å². The topological polar surface area (TPSA) is 52.3 Å². The summed E-state index contributed by atoms with van der Waals surface area (Å²) in [4.78, 5) is 4.24. The molecule has 1 atom stereocenters. The SMILES string of the molecule is COc1cccc(C[S@@](=O)Cc2nc(C)c(C)o2)c1. The standard InChI is InChI=1S/C14H17NO3S/c1-10-11(2)18-14(15-10)9-19(16)8-12-5-4-6-13(7-12)17-3/h4-7H,8-9H2,1-3H3/t19-/m1/s1. The maximum absolute atomic E-state index is 12.1. The molecule has 102 valence electrons. The lowest BCUT2D eigenvalue weighted by molar-refractivity contribution is 0.414. The summed E-state index contributed by atoms with van der Waals surface area (Å²) in [5.41, 5.74) is 1.84. The number of aromatic nitrogens is 1. The van der Waals surface area contributed by atoms with Gasteiger partial charge in [0.25, 0.3) is 0 Å². The van der Waals surface area contributed by atoms with Crippen molar-refractivity contribution in [1.82, 2.24) is 4.98 Å². The monoisotopic (exact) mass is 279 g/mol. The van der Waals surface area contributed by atoms with Crippen molar-refractivity contribution < 1.29 is 13.4 Å². The molecule has 2 rings (SSSR count). The van der Waals surface area contributed by atoms with Gasteiger partial charge >= 0.3 is 0 Å². The maximum Gasteiger partial charge on any atom is 0.207 e. The van der Waals surface area contributed by atoms with Gasteiger partial charge in [-0.3, -0.25) is 4.21 Å². The molecule has 0 aliphatic rings. The molecule has 0 aliphatic heterocycles. The Bertz CT molecular complexity index is 573. The number of hydrogen-bond acceptors (Lipinski definition) is 4. The highest BCUT2D eigenvalue weighted by atomic mass is 32.2. The second kappa shape index (κ2) is 6.02. The fourth-order valence-electron chi connectivity index (χ4n) is 1.74. The third kappa shape index (κ3) is 3.67. The van der Waals surface area contributed by atoms with Crippen LogP contribution in [0, 0.1) is 13.8 Å². The van der Waals surface area contributed by atoms with E-state index in [1.165, 1.54) is 0 Å². The zero-order valence-corrected chi connectivity index (χ0v) is 12.1. The number of aryl methyl sites for hydroxylation is 2. The highest BCUT2D eigenvalue weighted by Crippen LogP contribution is 2.16. The summed E-state index contributed by atoms with van der Waals surface area (Å²) in [5.74, 6) is 2.91. The van der Waals surface area contributed by atoms with Gasteiger partial charge in [-0.2, -0.15) is 0 Å². The molecule has 1 aromatic carbocycles. The zero-order chi connectivity index (χ0) is 13.8. The Balaban J connectivity index is 2.00. The van der Waals surface area contributed by atoms with Gasteiger partial charge in [0.2, 0.25) is 5.89 Å². The van der Waals surface area contributed by atoms with Crippen molar-refractivity contribution in [2.45, 2.75) is 25.4 Å². The molecule has 0 N–H and O–H groups in total. The van der Waals surface area contributed by atoms with Crippen molar-refractivity contribution in [3.8, 4) is 5.75 Å². The van der Waals surface area contributed by atoms with Gasteiger partial charge in [-0.25, -0.2) is 4.98 Å².